The van der Waals surface area contributed by atoms with Gasteiger partial charge in [-0.05, 0) is 54.8 Å². The van der Waals surface area contributed by atoms with E-state index in [0.29, 0.717) is 23.6 Å². The van der Waals surface area contributed by atoms with Crippen molar-refractivity contribution < 1.29 is 24.2 Å². The molecule has 2 amide bonds. The van der Waals surface area contributed by atoms with Gasteiger partial charge in [0.1, 0.15) is 11.7 Å². The molecular weight excluding hydrogens is 422 g/mol. The van der Waals surface area contributed by atoms with E-state index in [-0.39, 0.29) is 22.4 Å². The molecule has 0 saturated heterocycles. The van der Waals surface area contributed by atoms with E-state index in [2.05, 4.69) is 15.8 Å². The Morgan fingerprint density at radius 1 is 1.19 bits per heavy atom. The number of nitrogens with zero attached hydrogens (tertiary/aromatic N) is 1. The van der Waals surface area contributed by atoms with E-state index in [1.807, 2.05) is 0 Å². The van der Waals surface area contributed by atoms with Crippen LogP contribution in [0.1, 0.15) is 26.3 Å². The predicted molar refractivity (Wildman–Crippen MR) is 120 cm³/mol. The zero-order valence-corrected chi connectivity index (χ0v) is 18.6. The van der Waals surface area contributed by atoms with E-state index in [9.17, 15) is 14.7 Å². The summed E-state index contributed by atoms with van der Waals surface area (Å²) >= 11 is 5.99. The van der Waals surface area contributed by atoms with E-state index >= 15 is 0 Å². The fourth-order valence-electron chi connectivity index (χ4n) is 2.79. The number of halogens is 1. The van der Waals surface area contributed by atoms with E-state index in [1.54, 1.807) is 52.1 Å². The molecule has 31 heavy (non-hydrogen) atoms. The first-order valence-corrected chi connectivity index (χ1v) is 10.1. The van der Waals surface area contributed by atoms with Gasteiger partial charge in [0.15, 0.2) is 11.5 Å². The van der Waals surface area contributed by atoms with Crippen LogP contribution in [0.25, 0.3) is 0 Å². The van der Waals surface area contributed by atoms with Gasteiger partial charge in [-0.25, -0.2) is 5.43 Å². The maximum absolute atomic E-state index is 12.7. The molecule has 166 valence electrons. The smallest absolute Gasteiger partial charge is 0.252 e. The molecule has 2 aromatic rings. The fourth-order valence-corrected chi connectivity index (χ4v) is 3.01. The lowest BCUT2D eigenvalue weighted by molar-refractivity contribution is -0.134. The Labute approximate surface area is 186 Å². The van der Waals surface area contributed by atoms with Gasteiger partial charge in [0.05, 0.1) is 25.0 Å². The maximum Gasteiger partial charge on any atom is 0.252 e. The van der Waals surface area contributed by atoms with Gasteiger partial charge in [0.25, 0.3) is 5.91 Å². The largest absolute Gasteiger partial charge is 0.503 e. The van der Waals surface area contributed by atoms with Gasteiger partial charge in [-0.3, -0.25) is 9.59 Å². The number of anilines is 1. The zero-order chi connectivity index (χ0) is 23.0. The Hall–Kier alpha value is -3.26. The first-order chi connectivity index (χ1) is 14.8. The number of ether oxygens (including phenoxy) is 2. The van der Waals surface area contributed by atoms with Crippen LogP contribution in [-0.4, -0.2) is 36.9 Å². The number of carbonyl (C=O) groups is 2. The molecular formula is C22H26ClN3O5. The number of phenols is 1. The van der Waals surface area contributed by atoms with Gasteiger partial charge < -0.3 is 19.9 Å². The van der Waals surface area contributed by atoms with Crippen LogP contribution in [0.15, 0.2) is 41.5 Å². The molecule has 0 aliphatic carbocycles. The number of amides is 2. The molecule has 0 spiro atoms. The van der Waals surface area contributed by atoms with Crippen molar-refractivity contribution in [3.8, 4) is 17.2 Å². The summed E-state index contributed by atoms with van der Waals surface area (Å²) in [5, 5.41) is 16.6. The summed E-state index contributed by atoms with van der Waals surface area (Å²) in [6.07, 6.45) is 1.35. The summed E-state index contributed by atoms with van der Waals surface area (Å²) < 4.78 is 10.4. The van der Waals surface area contributed by atoms with Crippen molar-refractivity contribution in [3.05, 3.63) is 47.0 Å². The third-order valence-electron chi connectivity index (χ3n) is 4.33. The number of nitrogens with one attached hydrogen (secondary N) is 2. The molecule has 0 fully saturated rings. The van der Waals surface area contributed by atoms with Gasteiger partial charge in [0.2, 0.25) is 5.91 Å². The summed E-state index contributed by atoms with van der Waals surface area (Å²) in [5.41, 5.74) is 3.45. The van der Waals surface area contributed by atoms with Crippen LogP contribution in [0.4, 0.5) is 5.69 Å². The third-order valence-corrected chi connectivity index (χ3v) is 4.62. The van der Waals surface area contributed by atoms with E-state index in [0.717, 1.165) is 0 Å². The minimum Gasteiger partial charge on any atom is -0.503 e. The lowest BCUT2D eigenvalue weighted by Crippen LogP contribution is -2.39. The van der Waals surface area contributed by atoms with Crippen molar-refractivity contribution in [3.63, 3.8) is 0 Å². The number of carbonyl (C=O) groups excluding carboxylic acids is 2. The molecule has 0 aliphatic rings. The number of phenolic OH excluding ortho intramolecular Hbond substituents is 1. The topological polar surface area (TPSA) is 109 Å². The molecule has 0 radical (unpaired) electrons. The van der Waals surface area contributed by atoms with Crippen LogP contribution < -0.4 is 20.2 Å². The molecule has 1 unspecified atom stereocenters. The molecule has 2 aromatic carbocycles. The van der Waals surface area contributed by atoms with Crippen molar-refractivity contribution in [1.29, 1.82) is 0 Å². The normalized spacial score (nSPS) is 11.9. The number of aromatic hydroxyl groups is 1. The molecule has 0 aromatic heterocycles. The van der Waals surface area contributed by atoms with Crippen LogP contribution in [0.2, 0.25) is 5.02 Å². The molecule has 1 atom stereocenters. The zero-order valence-electron chi connectivity index (χ0n) is 17.8. The summed E-state index contributed by atoms with van der Waals surface area (Å²) in [6.45, 7) is 5.67. The quantitative estimate of drug-likeness (QED) is 0.307. The lowest BCUT2D eigenvalue weighted by Gasteiger charge is -2.18. The Kier molecular flexibility index (Phi) is 8.69. The highest BCUT2D eigenvalue weighted by atomic mass is 35.5. The summed E-state index contributed by atoms with van der Waals surface area (Å²) in [5.74, 6) is -1.51. The van der Waals surface area contributed by atoms with Crippen LogP contribution in [0, 0.1) is 11.8 Å². The lowest BCUT2D eigenvalue weighted by atomic mass is 9.94. The van der Waals surface area contributed by atoms with Gasteiger partial charge in [-0.2, -0.15) is 5.10 Å². The number of hydrogen-bond donors (Lipinski definition) is 3. The molecule has 0 saturated carbocycles. The van der Waals surface area contributed by atoms with E-state index in [1.165, 1.54) is 18.3 Å². The Morgan fingerprint density at radius 2 is 1.87 bits per heavy atom. The molecule has 3 N–H and O–H groups in total. The Bertz CT molecular complexity index is 945. The third kappa shape index (κ3) is 6.62. The van der Waals surface area contributed by atoms with E-state index in [4.69, 9.17) is 21.1 Å². The average Bonchev–Trinajstić information content (AvgIpc) is 2.72. The van der Waals surface area contributed by atoms with Crippen molar-refractivity contribution >= 4 is 35.3 Å². The van der Waals surface area contributed by atoms with Crippen LogP contribution in [-0.2, 0) is 9.59 Å². The van der Waals surface area contributed by atoms with Gasteiger partial charge in [-0.1, -0.05) is 25.4 Å². The predicted octanol–water partition coefficient (Wildman–Crippen LogP) is 3.81. The minimum atomic E-state index is -0.957. The van der Waals surface area contributed by atoms with Gasteiger partial charge >= 0.3 is 0 Å². The van der Waals surface area contributed by atoms with Gasteiger partial charge in [-0.15, -0.1) is 0 Å². The number of methoxy groups -OCH3 is 1. The second-order valence-electron chi connectivity index (χ2n) is 6.96. The van der Waals surface area contributed by atoms with Gasteiger partial charge in [0, 0.05) is 5.69 Å². The summed E-state index contributed by atoms with van der Waals surface area (Å²) in [6, 6.07) is 9.82. The average molecular weight is 448 g/mol. The highest BCUT2D eigenvalue weighted by Crippen LogP contribution is 2.34. The molecule has 0 aliphatic heterocycles. The number of hydrogen-bond acceptors (Lipinski definition) is 6. The number of hydrazone groups is 1. The standard InChI is InChI=1S/C22H26ClN3O5/c1-5-31-18-11-14(10-17(23)20(18)27)12-24-26-22(29)19(13(2)3)21(28)25-15-6-8-16(30-4)9-7-15/h6-13,19,27H,5H2,1-4H3,(H,25,28)(H,26,29)/b24-12+. The van der Waals surface area contributed by atoms with Crippen molar-refractivity contribution in [2.45, 2.75) is 20.8 Å². The van der Waals surface area contributed by atoms with Crippen LogP contribution in [0.3, 0.4) is 0 Å². The Balaban J connectivity index is 2.07. The van der Waals surface area contributed by atoms with Crippen molar-refractivity contribution in [2.75, 3.05) is 19.0 Å². The maximum atomic E-state index is 12.7. The summed E-state index contributed by atoms with van der Waals surface area (Å²) in [7, 11) is 1.55. The number of benzene rings is 2. The van der Waals surface area contributed by atoms with E-state index < -0.39 is 17.7 Å². The number of rotatable bonds is 9. The minimum absolute atomic E-state index is 0.0950. The first-order valence-electron chi connectivity index (χ1n) is 9.70. The van der Waals surface area contributed by atoms with Crippen molar-refractivity contribution in [1.82, 2.24) is 5.43 Å². The second-order valence-corrected chi connectivity index (χ2v) is 7.36. The second kappa shape index (κ2) is 11.2. The Morgan fingerprint density at radius 3 is 2.45 bits per heavy atom. The monoisotopic (exact) mass is 447 g/mol. The first kappa shape index (κ1) is 24.0. The SMILES string of the molecule is CCOc1cc(/C=N/NC(=O)C(C(=O)Nc2ccc(OC)cc2)C(C)C)cc(Cl)c1O. The van der Waals surface area contributed by atoms with Crippen LogP contribution in [0.5, 0.6) is 17.2 Å². The molecule has 2 rings (SSSR count). The highest BCUT2D eigenvalue weighted by molar-refractivity contribution is 6.32. The van der Waals surface area contributed by atoms with Crippen LogP contribution >= 0.6 is 11.6 Å². The molecule has 8 nitrogen and oxygen atoms in total. The molecule has 0 bridgehead atoms. The molecule has 0 heterocycles. The fraction of sp³-hybridized carbons (Fsp3) is 0.318. The van der Waals surface area contributed by atoms with Crippen molar-refractivity contribution in [2.24, 2.45) is 16.9 Å². The highest BCUT2D eigenvalue weighted by Gasteiger charge is 2.30. The summed E-state index contributed by atoms with van der Waals surface area (Å²) in [4.78, 5) is 25.3. The molecule has 9 heteroatoms.